The van der Waals surface area contributed by atoms with Crippen molar-refractivity contribution >= 4 is 77.2 Å². The number of carbonyl (C=O) groups is 7. The highest BCUT2D eigenvalue weighted by Gasteiger charge is 2.66. The van der Waals surface area contributed by atoms with Crippen LogP contribution in [0.4, 0.5) is 0 Å². The lowest BCUT2D eigenvalue weighted by Crippen LogP contribution is -2.56. The van der Waals surface area contributed by atoms with Crippen LogP contribution in [0.25, 0.3) is 11.0 Å². The maximum absolute atomic E-state index is 14.4. The number of nitrogens with one attached hydrogen (secondary N) is 2. The highest BCUT2D eigenvalue weighted by molar-refractivity contribution is 7.47. The molecule has 0 saturated carbocycles. The van der Waals surface area contributed by atoms with Crippen LogP contribution in [0.15, 0.2) is 67.2 Å². The number of benzene rings is 1. The summed E-state index contributed by atoms with van der Waals surface area (Å²) in [5.74, 6) is -6.36. The molecule has 492 valence electrons. The summed E-state index contributed by atoms with van der Waals surface area (Å²) in [6.07, 6.45) is -2.35. The van der Waals surface area contributed by atoms with Crippen LogP contribution >= 0.6 is 7.82 Å². The summed E-state index contributed by atoms with van der Waals surface area (Å²) >= 11 is 0. The number of nitrogens with zero attached hydrogens (tertiary/aromatic N) is 5. The van der Waals surface area contributed by atoms with Gasteiger partial charge >= 0.3 is 7.82 Å². The van der Waals surface area contributed by atoms with Crippen LogP contribution in [0.5, 0.6) is 0 Å². The molecule has 2 saturated heterocycles. The van der Waals surface area contributed by atoms with Gasteiger partial charge in [-0.3, -0.25) is 52.8 Å². The number of phosphoric acid groups is 1. The third-order valence-corrected chi connectivity index (χ3v) is 21.9. The molecule has 0 aliphatic carbocycles. The fourth-order valence-electron chi connectivity index (χ4n) is 15.7. The first-order chi connectivity index (χ1) is 41.8. The lowest BCUT2D eigenvalue weighted by molar-refractivity contribution is -0.124. The first kappa shape index (κ1) is 69.1. The van der Waals surface area contributed by atoms with E-state index in [1.807, 2.05) is 81.4 Å². The number of allylic oxidation sites excluding steroid dienone is 6. The van der Waals surface area contributed by atoms with Crippen LogP contribution in [-0.4, -0.2) is 121 Å². The molecule has 14 atom stereocenters. The maximum Gasteiger partial charge on any atom is 0.472 e. The van der Waals surface area contributed by atoms with Gasteiger partial charge in [-0.1, -0.05) is 41.5 Å². The fraction of sp³-hybridized carbons (Fsp3) is 0.641. The summed E-state index contributed by atoms with van der Waals surface area (Å²) in [5.41, 5.74) is 33.4. The Bertz CT molecular complexity index is 3550. The number of primary amides is 5. The van der Waals surface area contributed by atoms with Crippen molar-refractivity contribution in [2.75, 3.05) is 13.2 Å². The number of ether oxygens (including phenoxy) is 1. The van der Waals surface area contributed by atoms with Gasteiger partial charge in [-0.15, -0.1) is 0 Å². The second-order valence-corrected chi connectivity index (χ2v) is 29.1. The summed E-state index contributed by atoms with van der Waals surface area (Å²) in [5, 5.41) is 17.0. The maximum atomic E-state index is 14.4. The van der Waals surface area contributed by atoms with E-state index in [1.54, 1.807) is 17.8 Å². The van der Waals surface area contributed by atoms with Crippen LogP contribution in [-0.2, 0) is 51.9 Å². The van der Waals surface area contributed by atoms with Crippen molar-refractivity contribution in [2.45, 2.75) is 203 Å². The van der Waals surface area contributed by atoms with E-state index in [0.717, 1.165) is 22.2 Å². The van der Waals surface area contributed by atoms with Crippen molar-refractivity contribution in [3.05, 3.63) is 63.4 Å². The molecule has 6 amide bonds. The van der Waals surface area contributed by atoms with Gasteiger partial charge in [-0.25, -0.2) is 9.55 Å². The smallest absolute Gasteiger partial charge is 0.394 e. The summed E-state index contributed by atoms with van der Waals surface area (Å²) in [6, 6.07) is 2.93. The van der Waals surface area contributed by atoms with Gasteiger partial charge in [0, 0.05) is 125 Å². The van der Waals surface area contributed by atoms with E-state index in [1.165, 1.54) is 13.8 Å². The predicted molar refractivity (Wildman–Crippen MR) is 338 cm³/mol. The number of hydrogen-bond donors (Lipinski definition) is 9. The second-order valence-electron chi connectivity index (χ2n) is 27.7. The standard InChI is InChI=1S/C64H93N12O13P/c1-31-22-42-44(23-32(31)2)76(30-71-42)59-37(7)54(45(29-77)87-59)89-90(85,86)88-34(4)28-70-51(84)20-21-62(11)41(24-48(67)81)58-64(13)63(12,27-50(69)83)40(17-19-47(66)80)53(75-64)36(6)55-61(10,26-49(68)82)25-43(72-55)38(15-14-33(3)78)57-60(8,9)39(16-18-46(65)79)52(73-57)35(5)56(62)74-58/h22-23,30,34,37,39-41,45,54,58-59,72,77H,14-21,24-29H2,1-13H3,(H2,65,79)(H2,66,80)(H2,67,81)(H2,68,82)(H2,69,83)(H,70,84)(H,85,86)/t34-,37-,39-,40-,41+,45?,54+,58-,59+,61-,62-,63+,64+/m1/s1. The van der Waals surface area contributed by atoms with Crippen molar-refractivity contribution in [3.63, 3.8) is 0 Å². The van der Waals surface area contributed by atoms with Crippen molar-refractivity contribution < 1.29 is 61.9 Å². The summed E-state index contributed by atoms with van der Waals surface area (Å²) in [4.78, 5) is 127. The molecule has 14 N–H and O–H groups in total. The van der Waals surface area contributed by atoms with Gasteiger partial charge in [0.2, 0.25) is 35.4 Å². The van der Waals surface area contributed by atoms with Crippen LogP contribution in [0, 0.1) is 59.2 Å². The molecule has 0 radical (unpaired) electrons. The molecule has 0 spiro atoms. The van der Waals surface area contributed by atoms with Crippen LogP contribution in [0.2, 0.25) is 0 Å². The quantitative estimate of drug-likeness (QED) is 0.0511. The molecule has 8 rings (SSSR count). The molecule has 8 bridgehead atoms. The lowest BCUT2D eigenvalue weighted by Gasteiger charge is -2.48. The number of nitrogens with two attached hydrogens (primary N) is 5. The number of imidazole rings is 1. The Hall–Kier alpha value is -6.76. The largest absolute Gasteiger partial charge is 0.472 e. The number of aryl methyl sites for hydroxylation is 2. The zero-order chi connectivity index (χ0) is 66.7. The van der Waals surface area contributed by atoms with Gasteiger partial charge < -0.3 is 63.4 Å². The number of Topliss-reactive ketones (excluding diaryl/α,β-unsaturated/α-hetero) is 1. The summed E-state index contributed by atoms with van der Waals surface area (Å²) in [7, 11) is -4.91. The average molecular weight is 1270 g/mol. The molecule has 90 heavy (non-hydrogen) atoms. The Kier molecular flexibility index (Phi) is 19.8. The van der Waals surface area contributed by atoms with Gasteiger partial charge in [-0.2, -0.15) is 0 Å². The molecule has 26 heteroatoms. The Morgan fingerprint density at radius 2 is 1.49 bits per heavy atom. The zero-order valence-corrected chi connectivity index (χ0v) is 55.2. The lowest BCUT2D eigenvalue weighted by atomic mass is 9.55. The van der Waals surface area contributed by atoms with Crippen LogP contribution in [0.3, 0.4) is 0 Å². The highest BCUT2D eigenvalue weighted by atomic mass is 31.2. The second kappa shape index (κ2) is 25.7. The number of hydrogen-bond acceptors (Lipinski definition) is 17. The third kappa shape index (κ3) is 13.2. The Balaban J connectivity index is 1.20. The number of amides is 6. The van der Waals surface area contributed by atoms with E-state index in [4.69, 9.17) is 57.4 Å². The molecule has 25 nitrogen and oxygen atoms in total. The fourth-order valence-corrected chi connectivity index (χ4v) is 16.9. The van der Waals surface area contributed by atoms with Crippen molar-refractivity contribution in [3.8, 4) is 0 Å². The van der Waals surface area contributed by atoms with Gasteiger partial charge in [0.25, 0.3) is 0 Å². The Labute approximate surface area is 526 Å². The van der Waals surface area contributed by atoms with E-state index in [0.29, 0.717) is 50.9 Å². The molecule has 1 aromatic heterocycles. The Morgan fingerprint density at radius 1 is 0.856 bits per heavy atom. The normalized spacial score (nSPS) is 31.3. The average Bonchev–Trinajstić information content (AvgIpc) is 1.53. The van der Waals surface area contributed by atoms with E-state index in [2.05, 4.69) is 15.6 Å². The monoisotopic (exact) mass is 1270 g/mol. The number of aliphatic imine (C=N–C) groups is 3. The SMILES string of the molecule is CC(=O)CCC1=C2C[C@](C)(CC(N)=O)C(=C(C)C3=N[C@@](C)([C@@H]4N=C(C(C)=C5N=C1C(C)(C)[C@@H]5CCC(N)=O)[C@](C)(CCC(=O)NC[C@@H](C)OP(=O)(O)O[C@@H]1C(CO)O[C@H](n5cnc6cc(C)c(C)cc65)[C@@H]1C)[C@H]4CC(N)=O)[C@@](C)(CC(N)=O)[C@@H]3CCC(N)=O)N2. The van der Waals surface area contributed by atoms with Crippen molar-refractivity contribution in [1.82, 2.24) is 20.2 Å². The number of aliphatic hydroxyl groups is 1. The van der Waals surface area contributed by atoms with Crippen molar-refractivity contribution in [1.29, 1.82) is 0 Å². The minimum atomic E-state index is -4.91. The van der Waals surface area contributed by atoms with E-state index < -0.39 is 131 Å². The van der Waals surface area contributed by atoms with Crippen LogP contribution < -0.4 is 39.3 Å². The van der Waals surface area contributed by atoms with Crippen molar-refractivity contribution in [2.24, 2.45) is 89.0 Å². The number of phosphoric ester groups is 1. The van der Waals surface area contributed by atoms with E-state index in [-0.39, 0.29) is 89.4 Å². The van der Waals surface area contributed by atoms with E-state index >= 15 is 0 Å². The molecule has 2 fully saturated rings. The number of fused-ring (bicyclic) bond motifs is 7. The molecule has 6 aliphatic heterocycles. The predicted octanol–water partition coefficient (Wildman–Crippen LogP) is 5.69. The van der Waals surface area contributed by atoms with Gasteiger partial charge in [0.1, 0.15) is 24.2 Å². The topological polar surface area (TPSA) is 414 Å². The minimum Gasteiger partial charge on any atom is -0.394 e. The number of aromatic nitrogens is 2. The number of aliphatic hydroxyl groups excluding tert-OH is 1. The third-order valence-electron chi connectivity index (χ3n) is 20.8. The molecule has 6 aliphatic rings. The summed E-state index contributed by atoms with van der Waals surface area (Å²) in [6.45, 7) is 23.2. The Morgan fingerprint density at radius 3 is 2.09 bits per heavy atom. The molecule has 2 unspecified atom stereocenters. The number of ketones is 1. The number of carbonyl (C=O) groups excluding carboxylic acids is 7. The molecular weight excluding hydrogens is 1180 g/mol. The number of rotatable bonds is 26. The molecule has 7 heterocycles. The molecule has 1 aromatic carbocycles. The van der Waals surface area contributed by atoms with Gasteiger partial charge in [-0.05, 0) is 121 Å². The first-order valence-electron chi connectivity index (χ1n) is 31.1. The molecule has 2 aromatic rings. The van der Waals surface area contributed by atoms with E-state index in [9.17, 15) is 48.1 Å². The molecular formula is C64H93N12O13P. The van der Waals surface area contributed by atoms with Crippen LogP contribution in [0.1, 0.15) is 171 Å². The first-order valence-corrected chi connectivity index (χ1v) is 32.6. The minimum absolute atomic E-state index is 0.0187. The van der Waals surface area contributed by atoms with Gasteiger partial charge in [0.15, 0.2) is 0 Å². The summed E-state index contributed by atoms with van der Waals surface area (Å²) < 4.78 is 33.3. The zero-order valence-electron chi connectivity index (χ0n) is 54.3. The van der Waals surface area contributed by atoms with Gasteiger partial charge in [0.05, 0.1) is 47.4 Å². The highest BCUT2D eigenvalue weighted by Crippen LogP contribution is 2.62.